The molecule has 1 amide bonds. The van der Waals surface area contributed by atoms with E-state index in [9.17, 15) is 4.79 Å². The van der Waals surface area contributed by atoms with Gasteiger partial charge in [-0.25, -0.2) is 9.97 Å². The highest BCUT2D eigenvalue weighted by atomic mass is 35.5. The van der Waals surface area contributed by atoms with E-state index in [1.807, 2.05) is 18.2 Å². The highest BCUT2D eigenvalue weighted by Gasteiger charge is 2.09. The zero-order valence-electron chi connectivity index (χ0n) is 11.1. The third-order valence-corrected chi connectivity index (χ3v) is 3.41. The first-order valence-electron chi connectivity index (χ1n) is 6.56. The van der Waals surface area contributed by atoms with Gasteiger partial charge in [0.25, 0.3) is 5.91 Å². The number of hydrogen-bond donors (Lipinski definition) is 2. The van der Waals surface area contributed by atoms with Crippen molar-refractivity contribution >= 4 is 28.4 Å². The van der Waals surface area contributed by atoms with Crippen molar-refractivity contribution in [2.75, 3.05) is 6.54 Å². The Balaban J connectivity index is 1.71. The summed E-state index contributed by atoms with van der Waals surface area (Å²) in [5, 5.41) is 4.27. The number of nitrogens with zero attached hydrogens (tertiary/aromatic N) is 2. The minimum atomic E-state index is -0.219. The van der Waals surface area contributed by atoms with E-state index in [4.69, 9.17) is 11.6 Å². The van der Waals surface area contributed by atoms with Gasteiger partial charge in [0, 0.05) is 30.7 Å². The van der Waals surface area contributed by atoms with Crippen molar-refractivity contribution in [1.29, 1.82) is 0 Å². The van der Waals surface area contributed by atoms with Gasteiger partial charge in [-0.15, -0.1) is 0 Å². The minimum absolute atomic E-state index is 0.219. The molecule has 106 valence electrons. The number of para-hydroxylation sites is 1. The topological polar surface area (TPSA) is 70.7 Å². The van der Waals surface area contributed by atoms with E-state index in [1.165, 1.54) is 0 Å². The smallest absolute Gasteiger partial charge is 0.269 e. The van der Waals surface area contributed by atoms with Gasteiger partial charge in [-0.05, 0) is 12.1 Å². The van der Waals surface area contributed by atoms with Crippen LogP contribution in [0.25, 0.3) is 10.9 Å². The lowest BCUT2D eigenvalue weighted by Crippen LogP contribution is -2.26. The fourth-order valence-electron chi connectivity index (χ4n) is 2.06. The first-order valence-corrected chi connectivity index (χ1v) is 6.93. The Labute approximate surface area is 126 Å². The third-order valence-electron chi connectivity index (χ3n) is 3.11. The molecule has 0 unspecified atom stereocenters. The number of hydrogen-bond acceptors (Lipinski definition) is 3. The molecular formula is C15H13ClN4O. The third kappa shape index (κ3) is 3.03. The number of pyridine rings is 1. The Morgan fingerprint density at radius 1 is 1.29 bits per heavy atom. The molecule has 21 heavy (non-hydrogen) atoms. The van der Waals surface area contributed by atoms with E-state index in [0.717, 1.165) is 11.2 Å². The molecule has 0 saturated carbocycles. The molecule has 6 heteroatoms. The molecule has 0 aliphatic rings. The lowest BCUT2D eigenvalue weighted by atomic mass is 10.2. The van der Waals surface area contributed by atoms with Gasteiger partial charge < -0.3 is 10.3 Å². The monoisotopic (exact) mass is 300 g/mol. The molecule has 3 aromatic rings. The average Bonchev–Trinajstić information content (AvgIpc) is 3.00. The summed E-state index contributed by atoms with van der Waals surface area (Å²) in [7, 11) is 0. The van der Waals surface area contributed by atoms with E-state index < -0.39 is 0 Å². The maximum atomic E-state index is 12.1. The van der Waals surface area contributed by atoms with E-state index in [2.05, 4.69) is 20.3 Å². The number of benzene rings is 1. The maximum Gasteiger partial charge on any atom is 0.269 e. The molecule has 0 aliphatic heterocycles. The summed E-state index contributed by atoms with van der Waals surface area (Å²) in [6.45, 7) is 0.495. The molecule has 0 radical (unpaired) electrons. The molecule has 0 aliphatic carbocycles. The van der Waals surface area contributed by atoms with Gasteiger partial charge in [-0.3, -0.25) is 4.79 Å². The Kier molecular flexibility index (Phi) is 3.83. The van der Waals surface area contributed by atoms with Gasteiger partial charge >= 0.3 is 0 Å². The number of amides is 1. The molecule has 3 rings (SSSR count). The van der Waals surface area contributed by atoms with Crippen LogP contribution >= 0.6 is 11.6 Å². The minimum Gasteiger partial charge on any atom is -0.350 e. The number of carbonyl (C=O) groups is 1. The predicted molar refractivity (Wildman–Crippen MR) is 81.4 cm³/mol. The Morgan fingerprint density at radius 3 is 3.00 bits per heavy atom. The van der Waals surface area contributed by atoms with Crippen LogP contribution in [0.2, 0.25) is 5.02 Å². The van der Waals surface area contributed by atoms with E-state index >= 15 is 0 Å². The van der Waals surface area contributed by atoms with E-state index in [0.29, 0.717) is 29.2 Å². The van der Waals surface area contributed by atoms with Crippen molar-refractivity contribution in [3.05, 3.63) is 59.3 Å². The molecule has 1 aromatic carbocycles. The standard InChI is InChI=1S/C15H13ClN4O/c16-11-3-1-2-10-4-5-12(20-14(10)11)15(21)19-7-6-13-17-8-9-18-13/h1-5,8-9H,6-7H2,(H,17,18)(H,19,21). The van der Waals surface area contributed by atoms with Crippen molar-refractivity contribution in [3.63, 3.8) is 0 Å². The molecule has 0 bridgehead atoms. The molecule has 2 aromatic heterocycles. The van der Waals surface area contributed by atoms with Crippen molar-refractivity contribution in [3.8, 4) is 0 Å². The van der Waals surface area contributed by atoms with Crippen molar-refractivity contribution in [2.45, 2.75) is 6.42 Å². The van der Waals surface area contributed by atoms with Gasteiger partial charge in [0.15, 0.2) is 0 Å². The fourth-order valence-corrected chi connectivity index (χ4v) is 2.28. The summed E-state index contributed by atoms with van der Waals surface area (Å²) >= 11 is 6.10. The Bertz CT molecular complexity index is 770. The second-order valence-corrected chi connectivity index (χ2v) is 4.96. The number of aromatic amines is 1. The number of aromatic nitrogens is 3. The first kappa shape index (κ1) is 13.6. The van der Waals surface area contributed by atoms with Crippen molar-refractivity contribution in [2.24, 2.45) is 0 Å². The van der Waals surface area contributed by atoms with Crippen LogP contribution in [0, 0.1) is 0 Å². The van der Waals surface area contributed by atoms with Crippen LogP contribution in [0.5, 0.6) is 0 Å². The molecule has 2 heterocycles. The van der Waals surface area contributed by atoms with E-state index in [1.54, 1.807) is 24.5 Å². The largest absolute Gasteiger partial charge is 0.350 e. The van der Waals surface area contributed by atoms with Gasteiger partial charge in [-0.2, -0.15) is 0 Å². The summed E-state index contributed by atoms with van der Waals surface area (Å²) in [5.41, 5.74) is 0.993. The molecule has 0 atom stereocenters. The number of halogens is 1. The summed E-state index contributed by atoms with van der Waals surface area (Å²) in [6.07, 6.45) is 4.08. The van der Waals surface area contributed by atoms with Gasteiger partial charge in [0.05, 0.1) is 10.5 Å². The average molecular weight is 301 g/mol. The van der Waals surface area contributed by atoms with Gasteiger partial charge in [-0.1, -0.05) is 29.8 Å². The highest BCUT2D eigenvalue weighted by Crippen LogP contribution is 2.21. The van der Waals surface area contributed by atoms with Crippen LogP contribution < -0.4 is 5.32 Å². The van der Waals surface area contributed by atoms with Crippen molar-refractivity contribution in [1.82, 2.24) is 20.3 Å². The predicted octanol–water partition coefficient (Wildman–Crippen LogP) is 2.58. The molecule has 0 saturated heterocycles. The second kappa shape index (κ2) is 5.93. The fraction of sp³-hybridized carbons (Fsp3) is 0.133. The van der Waals surface area contributed by atoms with Crippen LogP contribution in [-0.2, 0) is 6.42 Å². The normalized spacial score (nSPS) is 10.7. The zero-order chi connectivity index (χ0) is 14.7. The second-order valence-electron chi connectivity index (χ2n) is 4.55. The Morgan fingerprint density at radius 2 is 2.19 bits per heavy atom. The molecule has 0 spiro atoms. The molecular weight excluding hydrogens is 288 g/mol. The summed E-state index contributed by atoms with van der Waals surface area (Å²) in [4.78, 5) is 23.5. The van der Waals surface area contributed by atoms with Crippen LogP contribution in [-0.4, -0.2) is 27.4 Å². The number of rotatable bonds is 4. The van der Waals surface area contributed by atoms with Gasteiger partial charge in [0.1, 0.15) is 11.5 Å². The number of carbonyl (C=O) groups excluding carboxylic acids is 1. The van der Waals surface area contributed by atoms with Crippen molar-refractivity contribution < 1.29 is 4.79 Å². The van der Waals surface area contributed by atoms with Crippen LogP contribution in [0.4, 0.5) is 0 Å². The SMILES string of the molecule is O=C(NCCc1ncc[nH]1)c1ccc2cccc(Cl)c2n1. The summed E-state index contributed by atoms with van der Waals surface area (Å²) < 4.78 is 0. The molecule has 5 nitrogen and oxygen atoms in total. The van der Waals surface area contributed by atoms with Crippen LogP contribution in [0.3, 0.4) is 0 Å². The number of imidazole rings is 1. The number of nitrogens with one attached hydrogen (secondary N) is 2. The lowest BCUT2D eigenvalue weighted by Gasteiger charge is -2.05. The zero-order valence-corrected chi connectivity index (χ0v) is 11.9. The quantitative estimate of drug-likeness (QED) is 0.778. The molecule has 0 fully saturated rings. The van der Waals surface area contributed by atoms with Crippen LogP contribution in [0.1, 0.15) is 16.3 Å². The first-order chi connectivity index (χ1) is 10.2. The molecule has 2 N–H and O–H groups in total. The maximum absolute atomic E-state index is 12.1. The van der Waals surface area contributed by atoms with Gasteiger partial charge in [0.2, 0.25) is 0 Å². The summed E-state index contributed by atoms with van der Waals surface area (Å²) in [6, 6.07) is 9.06. The number of H-pyrrole nitrogens is 1. The number of fused-ring (bicyclic) bond motifs is 1. The van der Waals surface area contributed by atoms with E-state index in [-0.39, 0.29) is 5.91 Å². The lowest BCUT2D eigenvalue weighted by molar-refractivity contribution is 0.0949. The summed E-state index contributed by atoms with van der Waals surface area (Å²) in [5.74, 6) is 0.619. The Hall–Kier alpha value is -2.40. The van der Waals surface area contributed by atoms with Crippen LogP contribution in [0.15, 0.2) is 42.7 Å². The highest BCUT2D eigenvalue weighted by molar-refractivity contribution is 6.35.